The number of hydrogen-bond acceptors (Lipinski definition) is 2. The predicted octanol–water partition coefficient (Wildman–Crippen LogP) is 1.97. The van der Waals surface area contributed by atoms with Crippen molar-refractivity contribution < 1.29 is 9.59 Å². The maximum absolute atomic E-state index is 12.3. The summed E-state index contributed by atoms with van der Waals surface area (Å²) in [5.41, 5.74) is 0.699. The van der Waals surface area contributed by atoms with Crippen LogP contribution in [0.5, 0.6) is 0 Å². The average Bonchev–Trinajstić information content (AvgIpc) is 2.36. The van der Waals surface area contributed by atoms with Crippen LogP contribution in [0.15, 0.2) is 24.3 Å². The van der Waals surface area contributed by atoms with Crippen molar-refractivity contribution in [2.24, 2.45) is 0 Å². The maximum atomic E-state index is 12.3. The fourth-order valence-corrected chi connectivity index (χ4v) is 2.19. The molecule has 1 aromatic carbocycles. The standard InChI is InChI=1S/C13H15ClN2O2/c1-3-11-13(18)16(8(2)12(17)15-11)10-6-4-9(14)5-7-10/h4-8,11H,3H2,1-2H3,(H,15,17). The van der Waals surface area contributed by atoms with Gasteiger partial charge in [0, 0.05) is 10.7 Å². The Morgan fingerprint density at radius 1 is 1.28 bits per heavy atom. The molecule has 2 rings (SSSR count). The van der Waals surface area contributed by atoms with Crippen LogP contribution < -0.4 is 10.2 Å². The van der Waals surface area contributed by atoms with Gasteiger partial charge in [-0.1, -0.05) is 18.5 Å². The molecule has 5 heteroatoms. The first kappa shape index (κ1) is 12.9. The van der Waals surface area contributed by atoms with Crippen LogP contribution in [0, 0.1) is 0 Å². The molecule has 2 atom stereocenters. The molecule has 4 nitrogen and oxygen atoms in total. The zero-order valence-corrected chi connectivity index (χ0v) is 11.1. The van der Waals surface area contributed by atoms with Gasteiger partial charge in [-0.05, 0) is 37.6 Å². The lowest BCUT2D eigenvalue weighted by atomic mass is 10.1. The van der Waals surface area contributed by atoms with E-state index in [1.165, 1.54) is 4.90 Å². The molecule has 1 N–H and O–H groups in total. The van der Waals surface area contributed by atoms with E-state index in [4.69, 9.17) is 11.6 Å². The molecule has 18 heavy (non-hydrogen) atoms. The molecule has 1 aliphatic rings. The fourth-order valence-electron chi connectivity index (χ4n) is 2.06. The van der Waals surface area contributed by atoms with Gasteiger partial charge in [-0.15, -0.1) is 0 Å². The van der Waals surface area contributed by atoms with Crippen molar-refractivity contribution in [2.75, 3.05) is 4.90 Å². The van der Waals surface area contributed by atoms with Crippen LogP contribution in [0.3, 0.4) is 0 Å². The summed E-state index contributed by atoms with van der Waals surface area (Å²) in [6.07, 6.45) is 0.585. The summed E-state index contributed by atoms with van der Waals surface area (Å²) in [4.78, 5) is 25.6. The second-order valence-electron chi connectivity index (χ2n) is 4.33. The highest BCUT2D eigenvalue weighted by atomic mass is 35.5. The van der Waals surface area contributed by atoms with Crippen molar-refractivity contribution in [3.05, 3.63) is 29.3 Å². The summed E-state index contributed by atoms with van der Waals surface area (Å²) in [7, 11) is 0. The van der Waals surface area contributed by atoms with E-state index in [-0.39, 0.29) is 11.8 Å². The topological polar surface area (TPSA) is 49.4 Å². The number of hydrogen-bond donors (Lipinski definition) is 1. The molecule has 0 bridgehead atoms. The molecule has 2 amide bonds. The Morgan fingerprint density at radius 3 is 2.44 bits per heavy atom. The van der Waals surface area contributed by atoms with Crippen LogP contribution in [0.25, 0.3) is 0 Å². The average molecular weight is 267 g/mol. The Labute approximate surface area is 111 Å². The van der Waals surface area contributed by atoms with Gasteiger partial charge < -0.3 is 5.32 Å². The third-order valence-electron chi connectivity index (χ3n) is 3.13. The number of benzene rings is 1. The summed E-state index contributed by atoms with van der Waals surface area (Å²) in [6.45, 7) is 3.59. The van der Waals surface area contributed by atoms with Crippen LogP contribution in [0.2, 0.25) is 5.02 Å². The van der Waals surface area contributed by atoms with Crippen LogP contribution in [0.1, 0.15) is 20.3 Å². The van der Waals surface area contributed by atoms with Crippen LogP contribution >= 0.6 is 11.6 Å². The number of carbonyl (C=O) groups excluding carboxylic acids is 2. The molecule has 0 spiro atoms. The summed E-state index contributed by atoms with van der Waals surface area (Å²) < 4.78 is 0. The van der Waals surface area contributed by atoms with Gasteiger partial charge in [-0.2, -0.15) is 0 Å². The van der Waals surface area contributed by atoms with E-state index in [9.17, 15) is 9.59 Å². The second-order valence-corrected chi connectivity index (χ2v) is 4.77. The Kier molecular flexibility index (Phi) is 3.57. The van der Waals surface area contributed by atoms with E-state index in [0.717, 1.165) is 0 Å². The van der Waals surface area contributed by atoms with Gasteiger partial charge in [0.1, 0.15) is 12.1 Å². The first-order chi connectivity index (χ1) is 8.54. The summed E-state index contributed by atoms with van der Waals surface area (Å²) >= 11 is 5.83. The monoisotopic (exact) mass is 266 g/mol. The fraction of sp³-hybridized carbons (Fsp3) is 0.385. The van der Waals surface area contributed by atoms with Crippen molar-refractivity contribution in [3.8, 4) is 0 Å². The molecule has 96 valence electrons. The summed E-state index contributed by atoms with van der Waals surface area (Å²) in [5.74, 6) is -0.205. The molecule has 1 aromatic rings. The van der Waals surface area contributed by atoms with E-state index >= 15 is 0 Å². The molecule has 0 saturated carbocycles. The number of rotatable bonds is 2. The lowest BCUT2D eigenvalue weighted by molar-refractivity contribution is -0.133. The number of amides is 2. The van der Waals surface area contributed by atoms with Crippen LogP contribution in [-0.2, 0) is 9.59 Å². The molecule has 1 heterocycles. The summed E-state index contributed by atoms with van der Waals surface area (Å²) in [5, 5.41) is 3.32. The Balaban J connectivity index is 2.36. The molecule has 1 saturated heterocycles. The molecule has 0 aromatic heterocycles. The predicted molar refractivity (Wildman–Crippen MR) is 70.6 cm³/mol. The first-order valence-corrected chi connectivity index (χ1v) is 6.31. The lowest BCUT2D eigenvalue weighted by Crippen LogP contribution is -2.62. The van der Waals surface area contributed by atoms with E-state index in [2.05, 4.69) is 5.32 Å². The highest BCUT2D eigenvalue weighted by Crippen LogP contribution is 2.23. The van der Waals surface area contributed by atoms with Gasteiger partial charge in [0.05, 0.1) is 0 Å². The molecular formula is C13H15ClN2O2. The van der Waals surface area contributed by atoms with E-state index < -0.39 is 12.1 Å². The largest absolute Gasteiger partial charge is 0.343 e. The second kappa shape index (κ2) is 4.98. The minimum Gasteiger partial charge on any atom is -0.343 e. The molecule has 0 aliphatic carbocycles. The Morgan fingerprint density at radius 2 is 1.89 bits per heavy atom. The van der Waals surface area contributed by atoms with Crippen LogP contribution in [0.4, 0.5) is 5.69 Å². The van der Waals surface area contributed by atoms with Crippen molar-refractivity contribution >= 4 is 29.1 Å². The SMILES string of the molecule is CCC1NC(=O)C(C)N(c2ccc(Cl)cc2)C1=O. The molecule has 2 unspecified atom stereocenters. The highest BCUT2D eigenvalue weighted by Gasteiger charge is 2.37. The highest BCUT2D eigenvalue weighted by molar-refractivity contribution is 6.30. The first-order valence-electron chi connectivity index (χ1n) is 5.93. The minimum atomic E-state index is -0.499. The van der Waals surface area contributed by atoms with E-state index in [1.807, 2.05) is 6.92 Å². The molecule has 1 aliphatic heterocycles. The van der Waals surface area contributed by atoms with Crippen molar-refractivity contribution in [1.82, 2.24) is 5.32 Å². The minimum absolute atomic E-state index is 0.0769. The lowest BCUT2D eigenvalue weighted by Gasteiger charge is -2.37. The van der Waals surface area contributed by atoms with Gasteiger partial charge in [0.25, 0.3) is 0 Å². The zero-order chi connectivity index (χ0) is 13.3. The molecule has 0 radical (unpaired) electrons. The van der Waals surface area contributed by atoms with Gasteiger partial charge >= 0.3 is 0 Å². The molecular weight excluding hydrogens is 252 g/mol. The van der Waals surface area contributed by atoms with Crippen molar-refractivity contribution in [1.29, 1.82) is 0 Å². The van der Waals surface area contributed by atoms with E-state index in [0.29, 0.717) is 17.1 Å². The molecule has 1 fully saturated rings. The van der Waals surface area contributed by atoms with Gasteiger partial charge in [-0.25, -0.2) is 0 Å². The number of halogens is 1. The third kappa shape index (κ3) is 2.20. The number of piperazine rings is 1. The summed E-state index contributed by atoms with van der Waals surface area (Å²) in [6, 6.07) is 5.99. The Bertz CT molecular complexity index is 472. The smallest absolute Gasteiger partial charge is 0.250 e. The zero-order valence-electron chi connectivity index (χ0n) is 10.3. The maximum Gasteiger partial charge on any atom is 0.250 e. The van der Waals surface area contributed by atoms with Gasteiger partial charge in [-0.3, -0.25) is 14.5 Å². The number of nitrogens with zero attached hydrogens (tertiary/aromatic N) is 1. The van der Waals surface area contributed by atoms with Crippen molar-refractivity contribution in [2.45, 2.75) is 32.4 Å². The number of anilines is 1. The number of carbonyl (C=O) groups is 2. The quantitative estimate of drug-likeness (QED) is 0.890. The normalized spacial score (nSPS) is 24.1. The van der Waals surface area contributed by atoms with Gasteiger partial charge in [0.2, 0.25) is 11.8 Å². The number of nitrogens with one attached hydrogen (secondary N) is 1. The van der Waals surface area contributed by atoms with Crippen molar-refractivity contribution in [3.63, 3.8) is 0 Å². The third-order valence-corrected chi connectivity index (χ3v) is 3.38. The van der Waals surface area contributed by atoms with Crippen LogP contribution in [-0.4, -0.2) is 23.9 Å². The van der Waals surface area contributed by atoms with E-state index in [1.54, 1.807) is 31.2 Å². The Hall–Kier alpha value is -1.55. The van der Waals surface area contributed by atoms with Gasteiger partial charge in [0.15, 0.2) is 0 Å².